The molecule has 1 aliphatic heterocycles. The van der Waals surface area contributed by atoms with Crippen LogP contribution in [0.1, 0.15) is 13.8 Å². The van der Waals surface area contributed by atoms with Crippen molar-refractivity contribution in [3.8, 4) is 0 Å². The van der Waals surface area contributed by atoms with Crippen LogP contribution in [-0.4, -0.2) is 67.6 Å². The lowest BCUT2D eigenvalue weighted by Crippen LogP contribution is -2.52. The lowest BCUT2D eigenvalue weighted by Gasteiger charge is -2.34. The summed E-state index contributed by atoms with van der Waals surface area (Å²) in [6, 6.07) is 0. The Morgan fingerprint density at radius 1 is 1.44 bits per heavy atom. The topological polar surface area (TPSA) is 70.1 Å². The van der Waals surface area contributed by atoms with Crippen LogP contribution in [0.4, 0.5) is 0 Å². The third-order valence-corrected chi connectivity index (χ3v) is 4.82. The fourth-order valence-corrected chi connectivity index (χ4v) is 3.36. The summed E-state index contributed by atoms with van der Waals surface area (Å²) in [6.07, 6.45) is -0.404. The molecule has 16 heavy (non-hydrogen) atoms. The van der Waals surface area contributed by atoms with E-state index in [1.54, 1.807) is 0 Å². The molecule has 1 rings (SSSR count). The number of rotatable bonds is 5. The Balaban J connectivity index is 2.75. The molecule has 1 heterocycles. The van der Waals surface area contributed by atoms with Crippen molar-refractivity contribution < 1.29 is 18.3 Å². The molecule has 1 fully saturated rings. The highest BCUT2D eigenvalue weighted by molar-refractivity contribution is 7.86. The first-order valence-corrected chi connectivity index (χ1v) is 6.93. The normalized spacial score (nSPS) is 23.9. The third kappa shape index (κ3) is 2.92. The summed E-state index contributed by atoms with van der Waals surface area (Å²) in [5.41, 5.74) is 0. The van der Waals surface area contributed by atoms with Crippen molar-refractivity contribution in [3.63, 3.8) is 0 Å². The van der Waals surface area contributed by atoms with Gasteiger partial charge in [0.05, 0.1) is 19.3 Å². The fourth-order valence-electron chi connectivity index (χ4n) is 1.73. The van der Waals surface area contributed by atoms with E-state index in [4.69, 9.17) is 9.84 Å². The molecule has 1 N–H and O–H groups in total. The van der Waals surface area contributed by atoms with Gasteiger partial charge in [0.25, 0.3) is 10.2 Å². The average Bonchev–Trinajstić information content (AvgIpc) is 2.30. The van der Waals surface area contributed by atoms with Gasteiger partial charge < -0.3 is 9.84 Å². The molecule has 0 amide bonds. The van der Waals surface area contributed by atoms with Crippen molar-refractivity contribution in [1.82, 2.24) is 8.61 Å². The van der Waals surface area contributed by atoms with E-state index in [1.165, 1.54) is 8.61 Å². The van der Waals surface area contributed by atoms with Gasteiger partial charge >= 0.3 is 0 Å². The van der Waals surface area contributed by atoms with Crippen LogP contribution in [0.3, 0.4) is 0 Å². The number of morpholine rings is 1. The molecule has 0 aromatic carbocycles. The Hall–Kier alpha value is -0.210. The molecule has 96 valence electrons. The predicted molar refractivity (Wildman–Crippen MR) is 60.2 cm³/mol. The van der Waals surface area contributed by atoms with E-state index in [9.17, 15) is 8.42 Å². The van der Waals surface area contributed by atoms with Crippen LogP contribution in [-0.2, 0) is 14.9 Å². The highest BCUT2D eigenvalue weighted by Gasteiger charge is 2.32. The molecule has 1 aliphatic rings. The predicted octanol–water partition coefficient (Wildman–Crippen LogP) is -0.734. The monoisotopic (exact) mass is 252 g/mol. The molecule has 0 saturated carbocycles. The first kappa shape index (κ1) is 13.9. The van der Waals surface area contributed by atoms with Gasteiger partial charge in [-0.05, 0) is 0 Å². The van der Waals surface area contributed by atoms with Crippen molar-refractivity contribution in [1.29, 1.82) is 0 Å². The Kier molecular flexibility index (Phi) is 5.13. The first-order valence-electron chi connectivity index (χ1n) is 5.53. The van der Waals surface area contributed by atoms with E-state index in [0.29, 0.717) is 26.2 Å². The smallest absolute Gasteiger partial charge is 0.282 e. The van der Waals surface area contributed by atoms with Crippen LogP contribution in [0.2, 0.25) is 0 Å². The van der Waals surface area contributed by atoms with Crippen LogP contribution in [0.25, 0.3) is 0 Å². The molecule has 1 unspecified atom stereocenters. The maximum atomic E-state index is 12.1. The Morgan fingerprint density at radius 3 is 2.56 bits per heavy atom. The second kappa shape index (κ2) is 5.92. The minimum atomic E-state index is -3.39. The van der Waals surface area contributed by atoms with Crippen molar-refractivity contribution >= 4 is 10.2 Å². The zero-order valence-electron chi connectivity index (χ0n) is 9.79. The van der Waals surface area contributed by atoms with Crippen LogP contribution in [0.5, 0.6) is 0 Å². The van der Waals surface area contributed by atoms with Gasteiger partial charge in [-0.25, -0.2) is 0 Å². The summed E-state index contributed by atoms with van der Waals surface area (Å²) in [6.45, 7) is 5.32. The molecule has 0 bridgehead atoms. The molecule has 0 spiro atoms. The maximum Gasteiger partial charge on any atom is 0.282 e. The molecule has 6 nitrogen and oxygen atoms in total. The summed E-state index contributed by atoms with van der Waals surface area (Å²) in [5, 5.41) is 8.97. The SMILES string of the molecule is CCN(CC)S(=O)(=O)N1CCOC(CO)C1. The molecule has 7 heteroatoms. The number of nitrogens with zero attached hydrogens (tertiary/aromatic N) is 2. The largest absolute Gasteiger partial charge is 0.394 e. The average molecular weight is 252 g/mol. The number of ether oxygens (including phenoxy) is 1. The van der Waals surface area contributed by atoms with E-state index >= 15 is 0 Å². The van der Waals surface area contributed by atoms with Crippen LogP contribution < -0.4 is 0 Å². The van der Waals surface area contributed by atoms with E-state index < -0.39 is 16.3 Å². The summed E-state index contributed by atoms with van der Waals surface area (Å²) >= 11 is 0. The molecular formula is C9H20N2O4S. The van der Waals surface area contributed by atoms with Gasteiger partial charge in [0.2, 0.25) is 0 Å². The van der Waals surface area contributed by atoms with Gasteiger partial charge in [0, 0.05) is 26.2 Å². The second-order valence-corrected chi connectivity index (χ2v) is 5.55. The summed E-state index contributed by atoms with van der Waals surface area (Å²) in [5.74, 6) is 0. The molecule has 1 saturated heterocycles. The van der Waals surface area contributed by atoms with Gasteiger partial charge in [0.15, 0.2) is 0 Å². The highest BCUT2D eigenvalue weighted by atomic mass is 32.2. The summed E-state index contributed by atoms with van der Waals surface area (Å²) in [4.78, 5) is 0. The molecular weight excluding hydrogens is 232 g/mol. The molecule has 0 aromatic heterocycles. The summed E-state index contributed by atoms with van der Waals surface area (Å²) in [7, 11) is -3.39. The molecule has 0 aliphatic carbocycles. The lowest BCUT2D eigenvalue weighted by atomic mass is 10.3. The highest BCUT2D eigenvalue weighted by Crippen LogP contribution is 2.13. The van der Waals surface area contributed by atoms with Gasteiger partial charge in [-0.1, -0.05) is 13.8 Å². The maximum absolute atomic E-state index is 12.1. The van der Waals surface area contributed by atoms with Crippen LogP contribution in [0, 0.1) is 0 Å². The minimum Gasteiger partial charge on any atom is -0.394 e. The quantitative estimate of drug-likeness (QED) is 0.700. The zero-order chi connectivity index (χ0) is 12.2. The van der Waals surface area contributed by atoms with Crippen molar-refractivity contribution in [2.24, 2.45) is 0 Å². The standard InChI is InChI=1S/C9H20N2O4S/c1-3-10(4-2)16(13,14)11-5-6-15-9(7-11)8-12/h9,12H,3-8H2,1-2H3. The number of aliphatic hydroxyl groups is 1. The Morgan fingerprint density at radius 2 is 2.06 bits per heavy atom. The van der Waals surface area contributed by atoms with Gasteiger partial charge in [0.1, 0.15) is 0 Å². The van der Waals surface area contributed by atoms with Crippen molar-refractivity contribution in [2.45, 2.75) is 20.0 Å². The Labute approximate surface area is 97.0 Å². The minimum absolute atomic E-state index is 0.149. The molecule has 0 radical (unpaired) electrons. The van der Waals surface area contributed by atoms with Crippen molar-refractivity contribution in [3.05, 3.63) is 0 Å². The number of hydrogen-bond donors (Lipinski definition) is 1. The fraction of sp³-hybridized carbons (Fsp3) is 1.00. The van der Waals surface area contributed by atoms with E-state index in [2.05, 4.69) is 0 Å². The van der Waals surface area contributed by atoms with Crippen LogP contribution in [0.15, 0.2) is 0 Å². The number of aliphatic hydroxyl groups excluding tert-OH is 1. The first-order chi connectivity index (χ1) is 7.56. The van der Waals surface area contributed by atoms with Crippen LogP contribution >= 0.6 is 0 Å². The second-order valence-electron chi connectivity index (χ2n) is 3.63. The molecule has 0 aromatic rings. The van der Waals surface area contributed by atoms with E-state index in [-0.39, 0.29) is 13.2 Å². The lowest BCUT2D eigenvalue weighted by molar-refractivity contribution is -0.0317. The van der Waals surface area contributed by atoms with Crippen molar-refractivity contribution in [2.75, 3.05) is 39.4 Å². The van der Waals surface area contributed by atoms with E-state index in [1.807, 2.05) is 13.8 Å². The summed E-state index contributed by atoms with van der Waals surface area (Å²) < 4.78 is 32.3. The van der Waals surface area contributed by atoms with E-state index in [0.717, 1.165) is 0 Å². The number of hydrogen-bond acceptors (Lipinski definition) is 4. The molecule has 1 atom stereocenters. The van der Waals surface area contributed by atoms with Gasteiger partial charge in [-0.2, -0.15) is 17.0 Å². The van der Waals surface area contributed by atoms with Gasteiger partial charge in [-0.15, -0.1) is 0 Å². The van der Waals surface area contributed by atoms with Gasteiger partial charge in [-0.3, -0.25) is 0 Å². The third-order valence-electron chi connectivity index (χ3n) is 2.66. The Bertz CT molecular complexity index is 303. The zero-order valence-corrected chi connectivity index (χ0v) is 10.6.